The molecule has 0 aromatic heterocycles. The Morgan fingerprint density at radius 2 is 1.25 bits per heavy atom. The van der Waals surface area contributed by atoms with Crippen LogP contribution in [-0.4, -0.2) is 44.6 Å². The van der Waals surface area contributed by atoms with E-state index in [1.54, 1.807) is 0 Å². The van der Waals surface area contributed by atoms with E-state index in [9.17, 15) is 0 Å². The Bertz CT molecular complexity index is 413. The van der Waals surface area contributed by atoms with Crippen LogP contribution in [0.5, 0.6) is 0 Å². The lowest BCUT2D eigenvalue weighted by Gasteiger charge is -2.25. The molecule has 0 aliphatic carbocycles. The molecule has 1 saturated heterocycles. The first kappa shape index (κ1) is 25.5. The summed E-state index contributed by atoms with van der Waals surface area (Å²) in [6.07, 6.45) is 23.0. The van der Waals surface area contributed by atoms with Crippen molar-refractivity contribution >= 4 is 0 Å². The fourth-order valence-electron chi connectivity index (χ4n) is 3.93. The SMILES string of the molecule is CCCCCCCCCCCCCCCCC1(C)OCOC1=CC[N+](C)(C)C. The molecule has 1 fully saturated rings. The number of rotatable bonds is 17. The van der Waals surface area contributed by atoms with Crippen molar-refractivity contribution in [3.8, 4) is 0 Å². The zero-order valence-corrected chi connectivity index (χ0v) is 19.9. The number of quaternary nitrogens is 1. The third kappa shape index (κ3) is 12.1. The van der Waals surface area contributed by atoms with Gasteiger partial charge in [-0.3, -0.25) is 0 Å². The summed E-state index contributed by atoms with van der Waals surface area (Å²) in [7, 11) is 6.62. The fourth-order valence-corrected chi connectivity index (χ4v) is 3.93. The van der Waals surface area contributed by atoms with E-state index in [4.69, 9.17) is 9.47 Å². The van der Waals surface area contributed by atoms with E-state index in [1.807, 2.05) is 0 Å². The van der Waals surface area contributed by atoms with Gasteiger partial charge in [-0.2, -0.15) is 0 Å². The van der Waals surface area contributed by atoms with Crippen molar-refractivity contribution in [1.29, 1.82) is 0 Å². The first-order valence-electron chi connectivity index (χ1n) is 12.2. The van der Waals surface area contributed by atoms with Crippen molar-refractivity contribution in [3.05, 3.63) is 11.8 Å². The Morgan fingerprint density at radius 3 is 1.71 bits per heavy atom. The van der Waals surface area contributed by atoms with Crippen LogP contribution in [0.25, 0.3) is 0 Å². The number of unbranched alkanes of at least 4 members (excludes halogenated alkanes) is 13. The van der Waals surface area contributed by atoms with E-state index in [-0.39, 0.29) is 5.60 Å². The summed E-state index contributed by atoms with van der Waals surface area (Å²) in [6.45, 7) is 5.88. The van der Waals surface area contributed by atoms with Crippen LogP contribution in [0.1, 0.15) is 110 Å². The second kappa shape index (κ2) is 14.4. The zero-order chi connectivity index (χ0) is 20.7. The molecule has 1 atom stereocenters. The lowest BCUT2D eigenvalue weighted by Crippen LogP contribution is -2.35. The highest BCUT2D eigenvalue weighted by atomic mass is 16.7. The first-order valence-corrected chi connectivity index (χ1v) is 12.2. The quantitative estimate of drug-likeness (QED) is 0.191. The minimum absolute atomic E-state index is 0.202. The third-order valence-electron chi connectivity index (χ3n) is 5.94. The van der Waals surface area contributed by atoms with Gasteiger partial charge in [0, 0.05) is 6.08 Å². The number of hydrogen-bond acceptors (Lipinski definition) is 2. The molecule has 28 heavy (non-hydrogen) atoms. The van der Waals surface area contributed by atoms with Gasteiger partial charge in [0.1, 0.15) is 17.9 Å². The average molecular weight is 397 g/mol. The Kier molecular flexibility index (Phi) is 13.2. The van der Waals surface area contributed by atoms with Crippen LogP contribution in [0.4, 0.5) is 0 Å². The molecule has 3 heteroatoms. The van der Waals surface area contributed by atoms with E-state index in [0.29, 0.717) is 6.79 Å². The molecule has 1 rings (SSSR count). The molecule has 0 spiro atoms. The minimum atomic E-state index is -0.202. The molecule has 1 aliphatic rings. The Morgan fingerprint density at radius 1 is 0.786 bits per heavy atom. The van der Waals surface area contributed by atoms with Gasteiger partial charge in [-0.15, -0.1) is 0 Å². The van der Waals surface area contributed by atoms with Crippen molar-refractivity contribution < 1.29 is 14.0 Å². The van der Waals surface area contributed by atoms with E-state index in [2.05, 4.69) is 41.1 Å². The maximum Gasteiger partial charge on any atom is 0.189 e. The van der Waals surface area contributed by atoms with Gasteiger partial charge in [0.2, 0.25) is 0 Å². The standard InChI is InChI=1S/C25H50NO2/c1-6-7-8-9-10-11-12-13-14-15-16-17-18-19-21-25(2)24(27-23-28-25)20-22-26(3,4)5/h20H,6-19,21-23H2,1-5H3/q+1. The Hall–Kier alpha value is -0.540. The van der Waals surface area contributed by atoms with E-state index < -0.39 is 0 Å². The summed E-state index contributed by atoms with van der Waals surface area (Å²) in [4.78, 5) is 0. The summed E-state index contributed by atoms with van der Waals surface area (Å²) in [5, 5.41) is 0. The molecule has 0 N–H and O–H groups in total. The van der Waals surface area contributed by atoms with Gasteiger partial charge >= 0.3 is 0 Å². The molecule has 1 aliphatic heterocycles. The van der Waals surface area contributed by atoms with Gasteiger partial charge in [0.05, 0.1) is 21.1 Å². The summed E-state index contributed by atoms with van der Waals surface area (Å²) >= 11 is 0. The molecule has 0 bridgehead atoms. The molecule has 166 valence electrons. The number of nitrogens with zero attached hydrogens (tertiary/aromatic N) is 1. The topological polar surface area (TPSA) is 18.5 Å². The fraction of sp³-hybridized carbons (Fsp3) is 0.920. The van der Waals surface area contributed by atoms with Gasteiger partial charge in [0.25, 0.3) is 0 Å². The third-order valence-corrected chi connectivity index (χ3v) is 5.94. The van der Waals surface area contributed by atoms with Crippen molar-refractivity contribution in [2.45, 2.75) is 116 Å². The molecule has 0 aromatic rings. The van der Waals surface area contributed by atoms with Crippen LogP contribution in [0.15, 0.2) is 11.8 Å². The Labute approximate surface area is 176 Å². The van der Waals surface area contributed by atoms with Gasteiger partial charge in [-0.1, -0.05) is 96.8 Å². The van der Waals surface area contributed by atoms with Gasteiger partial charge in [-0.05, 0) is 13.3 Å². The maximum atomic E-state index is 5.93. The second-order valence-corrected chi connectivity index (χ2v) is 10.0. The number of hydrogen-bond donors (Lipinski definition) is 0. The molecular weight excluding hydrogens is 346 g/mol. The molecular formula is C25H50NO2+. The van der Waals surface area contributed by atoms with Crippen LogP contribution in [-0.2, 0) is 9.47 Å². The summed E-state index contributed by atoms with van der Waals surface area (Å²) in [6, 6.07) is 0. The number of ether oxygens (including phenoxy) is 2. The van der Waals surface area contributed by atoms with Gasteiger partial charge in [0.15, 0.2) is 6.79 Å². The predicted molar refractivity (Wildman–Crippen MR) is 121 cm³/mol. The molecule has 1 heterocycles. The molecule has 3 nitrogen and oxygen atoms in total. The lowest BCUT2D eigenvalue weighted by atomic mass is 9.95. The second-order valence-electron chi connectivity index (χ2n) is 10.0. The monoisotopic (exact) mass is 396 g/mol. The van der Waals surface area contributed by atoms with Crippen molar-refractivity contribution in [1.82, 2.24) is 0 Å². The highest BCUT2D eigenvalue weighted by Crippen LogP contribution is 2.34. The van der Waals surface area contributed by atoms with Crippen molar-refractivity contribution in [2.24, 2.45) is 0 Å². The predicted octanol–water partition coefficient (Wildman–Crippen LogP) is 7.21. The van der Waals surface area contributed by atoms with E-state index >= 15 is 0 Å². The van der Waals surface area contributed by atoms with Crippen LogP contribution in [0.3, 0.4) is 0 Å². The highest BCUT2D eigenvalue weighted by Gasteiger charge is 2.36. The molecule has 0 saturated carbocycles. The summed E-state index contributed by atoms with van der Waals surface area (Å²) in [5.74, 6) is 1.05. The van der Waals surface area contributed by atoms with Crippen LogP contribution in [0.2, 0.25) is 0 Å². The van der Waals surface area contributed by atoms with E-state index in [1.165, 1.54) is 89.9 Å². The van der Waals surface area contributed by atoms with Crippen LogP contribution >= 0.6 is 0 Å². The van der Waals surface area contributed by atoms with Gasteiger partial charge < -0.3 is 14.0 Å². The van der Waals surface area contributed by atoms with Crippen molar-refractivity contribution in [3.63, 3.8) is 0 Å². The molecule has 0 radical (unpaired) electrons. The molecule has 0 amide bonds. The average Bonchev–Trinajstić information content (AvgIpc) is 3.00. The van der Waals surface area contributed by atoms with Gasteiger partial charge in [-0.25, -0.2) is 0 Å². The smallest absolute Gasteiger partial charge is 0.189 e. The van der Waals surface area contributed by atoms with Crippen LogP contribution in [0, 0.1) is 0 Å². The summed E-state index contributed by atoms with van der Waals surface area (Å²) in [5.41, 5.74) is -0.202. The molecule has 1 unspecified atom stereocenters. The number of likely N-dealkylation sites (N-methyl/N-ethyl adjacent to an activating group) is 1. The summed E-state index contributed by atoms with van der Waals surface area (Å²) < 4.78 is 12.6. The highest BCUT2D eigenvalue weighted by molar-refractivity contribution is 5.11. The Balaban J connectivity index is 1.99. The van der Waals surface area contributed by atoms with Crippen LogP contribution < -0.4 is 0 Å². The largest absolute Gasteiger partial charge is 0.469 e. The maximum absolute atomic E-state index is 5.93. The lowest BCUT2D eigenvalue weighted by molar-refractivity contribution is -0.864. The molecule has 0 aromatic carbocycles. The minimum Gasteiger partial charge on any atom is -0.469 e. The first-order chi connectivity index (χ1) is 13.4. The normalized spacial score (nSPS) is 21.4. The van der Waals surface area contributed by atoms with Crippen molar-refractivity contribution in [2.75, 3.05) is 34.5 Å². The van der Waals surface area contributed by atoms with E-state index in [0.717, 1.165) is 23.2 Å². The zero-order valence-electron chi connectivity index (χ0n) is 19.9.